The molecule has 0 aliphatic heterocycles. The van der Waals surface area contributed by atoms with E-state index >= 15 is 0 Å². The molecule has 0 fully saturated rings. The molecule has 0 unspecified atom stereocenters. The second kappa shape index (κ2) is 7.53. The second-order valence-corrected chi connectivity index (χ2v) is 7.02. The fraction of sp³-hybridized carbons (Fsp3) is 0.211. The van der Waals surface area contributed by atoms with E-state index in [2.05, 4.69) is 15.6 Å². The summed E-state index contributed by atoms with van der Waals surface area (Å²) in [5.74, 6) is 0.414. The molecule has 2 aromatic heterocycles. The van der Waals surface area contributed by atoms with Crippen LogP contribution in [0.3, 0.4) is 0 Å². The molecule has 134 valence electrons. The molecule has 0 spiro atoms. The summed E-state index contributed by atoms with van der Waals surface area (Å²) in [6.45, 7) is 5.37. The van der Waals surface area contributed by atoms with Crippen LogP contribution in [0.2, 0.25) is 0 Å². The zero-order valence-electron chi connectivity index (χ0n) is 14.7. The number of benzene rings is 1. The first-order valence-electron chi connectivity index (χ1n) is 8.17. The van der Waals surface area contributed by atoms with Gasteiger partial charge < -0.3 is 15.1 Å². The zero-order chi connectivity index (χ0) is 18.7. The van der Waals surface area contributed by atoms with Gasteiger partial charge in [0.1, 0.15) is 5.76 Å². The number of carbonyl (C=O) groups excluding carboxylic acids is 2. The molecule has 0 atom stereocenters. The maximum Gasteiger partial charge on any atom is 0.277 e. The van der Waals surface area contributed by atoms with Crippen LogP contribution >= 0.6 is 11.3 Å². The Bertz CT molecular complexity index is 912. The molecule has 26 heavy (non-hydrogen) atoms. The van der Waals surface area contributed by atoms with E-state index in [4.69, 9.17) is 4.42 Å². The van der Waals surface area contributed by atoms with Crippen LogP contribution in [-0.4, -0.2) is 16.8 Å². The Kier molecular flexibility index (Phi) is 5.18. The summed E-state index contributed by atoms with van der Waals surface area (Å²) in [4.78, 5) is 29.3. The van der Waals surface area contributed by atoms with E-state index in [0.717, 1.165) is 4.88 Å². The van der Waals surface area contributed by atoms with Crippen molar-refractivity contribution in [1.82, 2.24) is 4.98 Å². The normalized spacial score (nSPS) is 10.8. The van der Waals surface area contributed by atoms with Gasteiger partial charge in [-0.15, -0.1) is 11.3 Å². The molecule has 0 saturated carbocycles. The largest absolute Gasteiger partial charge is 0.440 e. The number of rotatable bonds is 5. The van der Waals surface area contributed by atoms with Crippen LogP contribution in [0.1, 0.15) is 30.1 Å². The van der Waals surface area contributed by atoms with E-state index in [-0.39, 0.29) is 23.4 Å². The molecule has 6 nitrogen and oxygen atoms in total. The van der Waals surface area contributed by atoms with Gasteiger partial charge in [-0.3, -0.25) is 9.59 Å². The molecule has 2 N–H and O–H groups in total. The predicted octanol–water partition coefficient (Wildman–Crippen LogP) is 4.56. The van der Waals surface area contributed by atoms with Crippen molar-refractivity contribution in [2.75, 3.05) is 10.6 Å². The van der Waals surface area contributed by atoms with Gasteiger partial charge in [-0.05, 0) is 42.6 Å². The first-order chi connectivity index (χ1) is 12.4. The van der Waals surface area contributed by atoms with Crippen LogP contribution < -0.4 is 10.6 Å². The second-order valence-electron chi connectivity index (χ2n) is 6.08. The van der Waals surface area contributed by atoms with Crippen molar-refractivity contribution in [3.63, 3.8) is 0 Å². The molecular formula is C19H19N3O3S. The summed E-state index contributed by atoms with van der Waals surface area (Å²) in [6, 6.07) is 10.7. The Morgan fingerprint density at radius 1 is 1.08 bits per heavy atom. The lowest BCUT2D eigenvalue weighted by atomic mass is 10.2. The maximum absolute atomic E-state index is 12.5. The lowest BCUT2D eigenvalue weighted by molar-refractivity contribution is -0.118. The van der Waals surface area contributed by atoms with Gasteiger partial charge in [0, 0.05) is 17.3 Å². The highest BCUT2D eigenvalue weighted by Gasteiger charge is 2.18. The van der Waals surface area contributed by atoms with Crippen LogP contribution in [0, 0.1) is 12.8 Å². The number of thiophene rings is 1. The lowest BCUT2D eigenvalue weighted by Gasteiger charge is -2.09. The van der Waals surface area contributed by atoms with E-state index in [1.807, 2.05) is 31.4 Å². The van der Waals surface area contributed by atoms with Gasteiger partial charge in [0.05, 0.1) is 4.88 Å². The van der Waals surface area contributed by atoms with Crippen molar-refractivity contribution >= 4 is 34.5 Å². The van der Waals surface area contributed by atoms with Gasteiger partial charge in [0.15, 0.2) is 5.69 Å². The summed E-state index contributed by atoms with van der Waals surface area (Å²) < 4.78 is 5.59. The number of anilines is 2. The Hall–Kier alpha value is -2.93. The van der Waals surface area contributed by atoms with Gasteiger partial charge in [-0.2, -0.15) is 0 Å². The molecule has 3 rings (SSSR count). The predicted molar refractivity (Wildman–Crippen MR) is 102 cm³/mol. The van der Waals surface area contributed by atoms with Gasteiger partial charge in [-0.1, -0.05) is 19.9 Å². The molecule has 0 bridgehead atoms. The minimum absolute atomic E-state index is 0.0545. The smallest absolute Gasteiger partial charge is 0.277 e. The Labute approximate surface area is 155 Å². The number of hydrogen-bond donors (Lipinski definition) is 2. The maximum atomic E-state index is 12.5. The first kappa shape index (κ1) is 17.9. The van der Waals surface area contributed by atoms with E-state index in [9.17, 15) is 9.59 Å². The van der Waals surface area contributed by atoms with Crippen molar-refractivity contribution in [1.29, 1.82) is 0 Å². The quantitative estimate of drug-likeness (QED) is 0.690. The number of hydrogen-bond acceptors (Lipinski definition) is 5. The number of aromatic nitrogens is 1. The Morgan fingerprint density at radius 2 is 1.73 bits per heavy atom. The number of aryl methyl sites for hydroxylation is 1. The standard InChI is InChI=1S/C19H19N3O3S/c1-11(2)17(23)20-13-6-8-14(9-7-13)21-18(24)16-12(3)25-19(22-16)15-5-4-10-26-15/h4-11H,1-3H3,(H,20,23)(H,21,24). The van der Waals surface area contributed by atoms with Gasteiger partial charge in [0.25, 0.3) is 5.91 Å². The lowest BCUT2D eigenvalue weighted by Crippen LogP contribution is -2.17. The average Bonchev–Trinajstić information content (AvgIpc) is 3.25. The highest BCUT2D eigenvalue weighted by atomic mass is 32.1. The van der Waals surface area contributed by atoms with E-state index < -0.39 is 0 Å². The third kappa shape index (κ3) is 4.00. The molecule has 2 amide bonds. The molecule has 0 radical (unpaired) electrons. The van der Waals surface area contributed by atoms with Crippen LogP contribution in [0.5, 0.6) is 0 Å². The van der Waals surface area contributed by atoms with Crippen LogP contribution in [0.15, 0.2) is 46.2 Å². The van der Waals surface area contributed by atoms with Crippen molar-refractivity contribution in [2.24, 2.45) is 5.92 Å². The number of nitrogens with zero attached hydrogens (tertiary/aromatic N) is 1. The molecule has 0 aliphatic rings. The minimum Gasteiger partial charge on any atom is -0.440 e. The van der Waals surface area contributed by atoms with Gasteiger partial charge in [-0.25, -0.2) is 4.98 Å². The summed E-state index contributed by atoms with van der Waals surface area (Å²) in [5, 5.41) is 7.52. The molecule has 0 aliphatic carbocycles. The zero-order valence-corrected chi connectivity index (χ0v) is 15.5. The van der Waals surface area contributed by atoms with Crippen molar-refractivity contribution in [2.45, 2.75) is 20.8 Å². The molecule has 7 heteroatoms. The Balaban J connectivity index is 1.69. The van der Waals surface area contributed by atoms with Crippen molar-refractivity contribution in [3.05, 3.63) is 53.2 Å². The van der Waals surface area contributed by atoms with E-state index in [0.29, 0.717) is 23.0 Å². The monoisotopic (exact) mass is 369 g/mol. The van der Waals surface area contributed by atoms with Crippen molar-refractivity contribution in [3.8, 4) is 10.8 Å². The SMILES string of the molecule is Cc1oc(-c2cccs2)nc1C(=O)Nc1ccc(NC(=O)C(C)C)cc1. The number of nitrogens with one attached hydrogen (secondary N) is 2. The van der Waals surface area contributed by atoms with Crippen molar-refractivity contribution < 1.29 is 14.0 Å². The van der Waals surface area contributed by atoms with Gasteiger partial charge in [0.2, 0.25) is 11.8 Å². The minimum atomic E-state index is -0.340. The highest BCUT2D eigenvalue weighted by Crippen LogP contribution is 2.26. The summed E-state index contributed by atoms with van der Waals surface area (Å²) in [7, 11) is 0. The van der Waals surface area contributed by atoms with E-state index in [1.165, 1.54) is 11.3 Å². The molecular weight excluding hydrogens is 350 g/mol. The first-order valence-corrected chi connectivity index (χ1v) is 9.05. The average molecular weight is 369 g/mol. The fourth-order valence-electron chi connectivity index (χ4n) is 2.23. The summed E-state index contributed by atoms with van der Waals surface area (Å²) in [5.41, 5.74) is 1.54. The molecule has 0 saturated heterocycles. The third-order valence-electron chi connectivity index (χ3n) is 3.68. The number of amides is 2. The van der Waals surface area contributed by atoms with Crippen LogP contribution in [0.4, 0.5) is 11.4 Å². The van der Waals surface area contributed by atoms with Crippen LogP contribution in [-0.2, 0) is 4.79 Å². The van der Waals surface area contributed by atoms with Crippen LogP contribution in [0.25, 0.3) is 10.8 Å². The van der Waals surface area contributed by atoms with E-state index in [1.54, 1.807) is 31.2 Å². The molecule has 2 heterocycles. The number of oxazole rings is 1. The third-order valence-corrected chi connectivity index (χ3v) is 4.54. The topological polar surface area (TPSA) is 84.2 Å². The summed E-state index contributed by atoms with van der Waals surface area (Å²) >= 11 is 1.50. The Morgan fingerprint density at radius 3 is 2.31 bits per heavy atom. The fourth-order valence-corrected chi connectivity index (χ4v) is 2.88. The number of carbonyl (C=O) groups is 2. The highest BCUT2D eigenvalue weighted by molar-refractivity contribution is 7.13. The van der Waals surface area contributed by atoms with Gasteiger partial charge >= 0.3 is 0 Å². The summed E-state index contributed by atoms with van der Waals surface area (Å²) in [6.07, 6.45) is 0. The molecule has 3 aromatic rings. The molecule has 1 aromatic carbocycles.